The van der Waals surface area contributed by atoms with Crippen LogP contribution < -0.4 is 16.8 Å². The van der Waals surface area contributed by atoms with Crippen molar-refractivity contribution in [3.05, 3.63) is 77.9 Å². The number of nitrogens with zero attached hydrogens (tertiary/aromatic N) is 3. The summed E-state index contributed by atoms with van der Waals surface area (Å²) in [5.74, 6) is 0.0482. The maximum absolute atomic E-state index is 10.9. The molecule has 27 heavy (non-hydrogen) atoms. The van der Waals surface area contributed by atoms with E-state index in [2.05, 4.69) is 20.5 Å². The van der Waals surface area contributed by atoms with Crippen LogP contribution >= 0.6 is 0 Å². The van der Waals surface area contributed by atoms with Gasteiger partial charge in [-0.3, -0.25) is 14.9 Å². The van der Waals surface area contributed by atoms with Gasteiger partial charge in [0.2, 0.25) is 0 Å². The average molecular weight is 360 g/mol. The molecular weight excluding hydrogens is 344 g/mol. The van der Waals surface area contributed by atoms with Crippen LogP contribution in [0, 0.1) is 0 Å². The molecule has 8 nitrogen and oxygen atoms in total. The van der Waals surface area contributed by atoms with E-state index >= 15 is 0 Å². The molecule has 0 aliphatic carbocycles. The van der Waals surface area contributed by atoms with E-state index in [1.807, 2.05) is 30.3 Å². The number of carbonyl (C=O) groups excluding carboxylic acids is 2. The summed E-state index contributed by atoms with van der Waals surface area (Å²) in [6.45, 7) is 0. The number of hydrogen-bond donors (Lipinski definition) is 3. The molecule has 0 radical (unpaired) electrons. The van der Waals surface area contributed by atoms with Gasteiger partial charge in [0.1, 0.15) is 11.5 Å². The molecule has 0 spiro atoms. The number of pyridine rings is 1. The Bertz CT molecular complexity index is 985. The quantitative estimate of drug-likeness (QED) is 0.476. The Labute approximate surface area is 154 Å². The van der Waals surface area contributed by atoms with E-state index in [4.69, 9.17) is 11.5 Å². The Morgan fingerprint density at radius 2 is 1.33 bits per heavy atom. The second-order valence-corrected chi connectivity index (χ2v) is 5.50. The van der Waals surface area contributed by atoms with Gasteiger partial charge in [0.25, 0.3) is 11.8 Å². The van der Waals surface area contributed by atoms with Crippen LogP contribution in [0.3, 0.4) is 0 Å². The van der Waals surface area contributed by atoms with Crippen molar-refractivity contribution in [1.29, 1.82) is 0 Å². The molecule has 4 rings (SSSR count). The zero-order valence-corrected chi connectivity index (χ0v) is 14.2. The van der Waals surface area contributed by atoms with E-state index in [1.165, 1.54) is 0 Å². The van der Waals surface area contributed by atoms with E-state index in [0.717, 1.165) is 5.69 Å². The Balaban J connectivity index is 0.000000166. The second-order valence-electron chi connectivity index (χ2n) is 5.50. The van der Waals surface area contributed by atoms with E-state index in [-0.39, 0.29) is 17.6 Å². The lowest BCUT2D eigenvalue weighted by Crippen LogP contribution is -2.19. The topological polar surface area (TPSA) is 136 Å². The molecule has 0 bridgehead atoms. The monoisotopic (exact) mass is 360 g/mol. The molecule has 0 fully saturated rings. The van der Waals surface area contributed by atoms with Crippen molar-refractivity contribution < 1.29 is 9.59 Å². The number of benzene rings is 2. The molecule has 0 saturated heterocycles. The molecular formula is C19H16N6O2. The van der Waals surface area contributed by atoms with Crippen LogP contribution in [-0.4, -0.2) is 16.8 Å². The summed E-state index contributed by atoms with van der Waals surface area (Å²) in [4.78, 5) is 25.8. The highest BCUT2D eigenvalue weighted by atomic mass is 16.2. The molecule has 1 aromatic heterocycles. The molecule has 2 heterocycles. The first-order valence-electron chi connectivity index (χ1n) is 7.98. The second kappa shape index (κ2) is 7.87. The summed E-state index contributed by atoms with van der Waals surface area (Å²) in [5, 5.41) is 10.2. The first-order valence-corrected chi connectivity index (χ1v) is 7.98. The van der Waals surface area contributed by atoms with Gasteiger partial charge in [-0.05, 0) is 36.4 Å². The number of fused-ring (bicyclic) bond motifs is 1. The van der Waals surface area contributed by atoms with Crippen LogP contribution in [-0.2, 0) is 0 Å². The minimum atomic E-state index is -0.300. The number of rotatable bonds is 2. The summed E-state index contributed by atoms with van der Waals surface area (Å²) < 4.78 is 0. The smallest absolute Gasteiger partial charge is 0.258 e. The molecule has 2 aromatic carbocycles. The Morgan fingerprint density at radius 1 is 0.741 bits per heavy atom. The highest BCUT2D eigenvalue weighted by molar-refractivity contribution is 6.21. The average Bonchev–Trinajstić information content (AvgIpc) is 2.97. The van der Waals surface area contributed by atoms with Gasteiger partial charge in [0, 0.05) is 0 Å². The lowest BCUT2D eigenvalue weighted by Gasteiger charge is -1.98. The van der Waals surface area contributed by atoms with Crippen LogP contribution in [0.4, 0.5) is 23.0 Å². The SMILES string of the molecule is Nc1ccc(N=Nc2ccccc2)c(N)n1.O=C1NC(=O)c2ccccc21. The standard InChI is InChI=1S/C11H11N5.C8H5NO2/c12-10-7-6-9(11(13)14-10)16-15-8-4-2-1-3-5-8;10-7-5-3-1-2-4-6(5)8(11)9-7/h1-7H,(H4,12,13,14);1-4H,(H,9,10,11). The molecule has 0 unspecified atom stereocenters. The summed E-state index contributed by atoms with van der Waals surface area (Å²) in [6.07, 6.45) is 0. The van der Waals surface area contributed by atoms with Crippen LogP contribution in [0.2, 0.25) is 0 Å². The normalized spacial score (nSPS) is 12.3. The zero-order valence-electron chi connectivity index (χ0n) is 14.2. The zero-order chi connectivity index (χ0) is 19.2. The highest BCUT2D eigenvalue weighted by Gasteiger charge is 2.25. The molecule has 134 valence electrons. The molecule has 3 aromatic rings. The molecule has 1 aliphatic rings. The molecule has 1 aliphatic heterocycles. The third-order valence-corrected chi connectivity index (χ3v) is 3.60. The van der Waals surface area contributed by atoms with Crippen LogP contribution in [0.1, 0.15) is 20.7 Å². The third kappa shape index (κ3) is 4.31. The van der Waals surface area contributed by atoms with E-state index in [9.17, 15) is 9.59 Å². The molecule has 8 heteroatoms. The van der Waals surface area contributed by atoms with Crippen molar-refractivity contribution in [2.24, 2.45) is 10.2 Å². The van der Waals surface area contributed by atoms with Crippen LogP contribution in [0.25, 0.3) is 0 Å². The van der Waals surface area contributed by atoms with Crippen molar-refractivity contribution in [3.8, 4) is 0 Å². The number of aromatic nitrogens is 1. The number of amides is 2. The number of hydrogen-bond acceptors (Lipinski definition) is 7. The Kier molecular flexibility index (Phi) is 5.17. The number of carbonyl (C=O) groups is 2. The van der Waals surface area contributed by atoms with E-state index < -0.39 is 0 Å². The molecule has 2 amide bonds. The lowest BCUT2D eigenvalue weighted by molar-refractivity contribution is 0.0879. The highest BCUT2D eigenvalue weighted by Crippen LogP contribution is 2.23. The Morgan fingerprint density at radius 3 is 1.93 bits per heavy atom. The maximum Gasteiger partial charge on any atom is 0.258 e. The number of nitrogen functional groups attached to an aromatic ring is 2. The minimum Gasteiger partial charge on any atom is -0.384 e. The van der Waals surface area contributed by atoms with Gasteiger partial charge in [-0.15, -0.1) is 5.11 Å². The summed E-state index contributed by atoms with van der Waals surface area (Å²) in [6, 6.07) is 19.4. The van der Waals surface area contributed by atoms with Gasteiger partial charge in [-0.25, -0.2) is 4.98 Å². The van der Waals surface area contributed by atoms with Crippen molar-refractivity contribution in [1.82, 2.24) is 10.3 Å². The maximum atomic E-state index is 10.9. The lowest BCUT2D eigenvalue weighted by atomic mass is 10.1. The van der Waals surface area contributed by atoms with Gasteiger partial charge in [-0.2, -0.15) is 5.11 Å². The molecule has 0 atom stereocenters. The summed E-state index contributed by atoms with van der Waals surface area (Å²) >= 11 is 0. The number of nitrogens with two attached hydrogens (primary N) is 2. The molecule has 0 saturated carbocycles. The third-order valence-electron chi connectivity index (χ3n) is 3.60. The molecule has 5 N–H and O–H groups in total. The van der Waals surface area contributed by atoms with E-state index in [0.29, 0.717) is 22.6 Å². The van der Waals surface area contributed by atoms with Gasteiger partial charge in [-0.1, -0.05) is 30.3 Å². The first-order chi connectivity index (χ1) is 13.0. The van der Waals surface area contributed by atoms with Crippen molar-refractivity contribution in [3.63, 3.8) is 0 Å². The predicted octanol–water partition coefficient (Wildman–Crippen LogP) is 3.23. The van der Waals surface area contributed by atoms with Gasteiger partial charge < -0.3 is 11.5 Å². The summed E-state index contributed by atoms with van der Waals surface area (Å²) in [5.41, 5.74) is 13.3. The fourth-order valence-corrected chi connectivity index (χ4v) is 2.29. The number of azo groups is 1. The van der Waals surface area contributed by atoms with Crippen molar-refractivity contribution in [2.45, 2.75) is 0 Å². The first kappa shape index (κ1) is 17.7. The Hall–Kier alpha value is -4.07. The van der Waals surface area contributed by atoms with Gasteiger partial charge in [0.05, 0.1) is 16.8 Å². The van der Waals surface area contributed by atoms with Crippen LogP contribution in [0.15, 0.2) is 77.0 Å². The van der Waals surface area contributed by atoms with Gasteiger partial charge >= 0.3 is 0 Å². The number of imide groups is 1. The summed E-state index contributed by atoms with van der Waals surface area (Å²) in [7, 11) is 0. The largest absolute Gasteiger partial charge is 0.384 e. The van der Waals surface area contributed by atoms with E-state index in [1.54, 1.807) is 36.4 Å². The van der Waals surface area contributed by atoms with Crippen molar-refractivity contribution >= 4 is 34.8 Å². The van der Waals surface area contributed by atoms with Crippen LogP contribution in [0.5, 0.6) is 0 Å². The fourth-order valence-electron chi connectivity index (χ4n) is 2.29. The predicted molar refractivity (Wildman–Crippen MR) is 102 cm³/mol. The minimum absolute atomic E-state index is 0.277. The van der Waals surface area contributed by atoms with Crippen molar-refractivity contribution in [2.75, 3.05) is 11.5 Å². The van der Waals surface area contributed by atoms with Gasteiger partial charge in [0.15, 0.2) is 5.82 Å². The number of nitrogens with one attached hydrogen (secondary N) is 1. The number of anilines is 2. The fraction of sp³-hybridized carbons (Fsp3) is 0.